The average Bonchev–Trinajstić information content (AvgIpc) is 3.12. The lowest BCUT2D eigenvalue weighted by atomic mass is 9.91. The van der Waals surface area contributed by atoms with Crippen LogP contribution >= 0.6 is 0 Å². The van der Waals surface area contributed by atoms with Crippen LogP contribution in [0.25, 0.3) is 22.2 Å². The van der Waals surface area contributed by atoms with E-state index in [0.717, 1.165) is 48.6 Å². The molecule has 6 nitrogen and oxygen atoms in total. The number of rotatable bonds is 6. The number of aryl methyl sites for hydroxylation is 1. The molecule has 1 saturated carbocycles. The van der Waals surface area contributed by atoms with Gasteiger partial charge in [-0.05, 0) is 74.1 Å². The topological polar surface area (TPSA) is 92.5 Å². The van der Waals surface area contributed by atoms with Crippen LogP contribution in [0.1, 0.15) is 54.6 Å². The molecule has 0 unspecified atom stereocenters. The summed E-state index contributed by atoms with van der Waals surface area (Å²) in [6, 6.07) is 12.5. The Bertz CT molecular complexity index is 1110. The summed E-state index contributed by atoms with van der Waals surface area (Å²) in [4.78, 5) is 11.9. The summed E-state index contributed by atoms with van der Waals surface area (Å²) in [7, 11) is 3.29. The first-order chi connectivity index (χ1) is 15.0. The molecule has 0 bridgehead atoms. The van der Waals surface area contributed by atoms with Gasteiger partial charge in [0.15, 0.2) is 11.5 Å². The largest absolute Gasteiger partial charge is 0.493 e. The van der Waals surface area contributed by atoms with Crippen LogP contribution in [-0.2, 0) is 6.42 Å². The molecule has 3 aromatic rings. The minimum Gasteiger partial charge on any atom is -0.493 e. The summed E-state index contributed by atoms with van der Waals surface area (Å²) in [6.07, 6.45) is 4.92. The fourth-order valence-corrected chi connectivity index (χ4v) is 4.93. The molecule has 1 aromatic heterocycles. The van der Waals surface area contributed by atoms with Gasteiger partial charge in [0, 0.05) is 34.1 Å². The standard InChI is InChI=1S/C25H31N3O3/c1-4-19-20-13-16(25(27)29)5-11-21(20)28(18-9-7-17(26)8-10-18)24(19)15-6-12-22(30-2)23(14-15)31-3/h5-6,11-14,17-18H,4,7-10,26H2,1-3H3,(H2,27,29). The third-order valence-electron chi connectivity index (χ3n) is 6.51. The summed E-state index contributed by atoms with van der Waals surface area (Å²) < 4.78 is 13.5. The average molecular weight is 422 g/mol. The molecule has 1 aliphatic rings. The van der Waals surface area contributed by atoms with E-state index in [-0.39, 0.29) is 6.04 Å². The van der Waals surface area contributed by atoms with Gasteiger partial charge < -0.3 is 25.5 Å². The number of benzene rings is 2. The molecule has 2 aromatic carbocycles. The van der Waals surface area contributed by atoms with Crippen molar-refractivity contribution in [1.82, 2.24) is 4.57 Å². The Kier molecular flexibility index (Phi) is 5.92. The zero-order valence-electron chi connectivity index (χ0n) is 18.5. The number of primary amides is 1. The van der Waals surface area contributed by atoms with Crippen LogP contribution < -0.4 is 20.9 Å². The molecule has 0 spiro atoms. The second-order valence-electron chi connectivity index (χ2n) is 8.29. The van der Waals surface area contributed by atoms with E-state index in [0.29, 0.717) is 23.1 Å². The lowest BCUT2D eigenvalue weighted by Crippen LogP contribution is -2.28. The van der Waals surface area contributed by atoms with Crippen molar-refractivity contribution in [2.45, 2.75) is 51.1 Å². The van der Waals surface area contributed by atoms with Gasteiger partial charge in [0.2, 0.25) is 5.91 Å². The Hall–Kier alpha value is -2.99. The molecule has 4 N–H and O–H groups in total. The third kappa shape index (κ3) is 3.76. The fraction of sp³-hybridized carbons (Fsp3) is 0.400. The number of carbonyl (C=O) groups is 1. The summed E-state index contributed by atoms with van der Waals surface area (Å²) >= 11 is 0. The summed E-state index contributed by atoms with van der Waals surface area (Å²) in [5.74, 6) is 0.988. The van der Waals surface area contributed by atoms with Crippen molar-refractivity contribution in [3.8, 4) is 22.8 Å². The molecule has 0 atom stereocenters. The maximum Gasteiger partial charge on any atom is 0.248 e. The smallest absolute Gasteiger partial charge is 0.248 e. The first-order valence-corrected chi connectivity index (χ1v) is 10.9. The van der Waals surface area contributed by atoms with Crippen LogP contribution in [0.5, 0.6) is 11.5 Å². The maximum atomic E-state index is 11.9. The number of fused-ring (bicyclic) bond motifs is 1. The van der Waals surface area contributed by atoms with E-state index in [4.69, 9.17) is 20.9 Å². The molecule has 0 aliphatic heterocycles. The van der Waals surface area contributed by atoms with E-state index >= 15 is 0 Å². The first-order valence-electron chi connectivity index (χ1n) is 10.9. The number of amides is 1. The molecule has 4 rings (SSSR count). The number of nitrogens with two attached hydrogens (primary N) is 2. The van der Waals surface area contributed by atoms with Crippen LogP contribution in [0.2, 0.25) is 0 Å². The van der Waals surface area contributed by atoms with Gasteiger partial charge >= 0.3 is 0 Å². The highest BCUT2D eigenvalue weighted by Crippen LogP contribution is 2.43. The van der Waals surface area contributed by atoms with Crippen molar-refractivity contribution in [2.75, 3.05) is 14.2 Å². The number of hydrogen-bond donors (Lipinski definition) is 2. The maximum absolute atomic E-state index is 11.9. The molecule has 0 radical (unpaired) electrons. The summed E-state index contributed by atoms with van der Waals surface area (Å²) in [5, 5.41) is 1.08. The highest BCUT2D eigenvalue weighted by atomic mass is 16.5. The van der Waals surface area contributed by atoms with Crippen LogP contribution in [0.3, 0.4) is 0 Å². The number of hydrogen-bond acceptors (Lipinski definition) is 4. The van der Waals surface area contributed by atoms with Gasteiger partial charge in [0.1, 0.15) is 0 Å². The molecule has 164 valence electrons. The van der Waals surface area contributed by atoms with Gasteiger partial charge in [-0.1, -0.05) is 6.92 Å². The molecule has 1 aliphatic carbocycles. The van der Waals surface area contributed by atoms with Gasteiger partial charge in [0.05, 0.1) is 19.9 Å². The zero-order chi connectivity index (χ0) is 22.1. The predicted octanol–water partition coefficient (Wildman–Crippen LogP) is 4.43. The van der Waals surface area contributed by atoms with Crippen molar-refractivity contribution < 1.29 is 14.3 Å². The Morgan fingerprint density at radius 2 is 1.74 bits per heavy atom. The van der Waals surface area contributed by atoms with Crippen LogP contribution in [0, 0.1) is 0 Å². The van der Waals surface area contributed by atoms with Gasteiger partial charge in [0.25, 0.3) is 0 Å². The van der Waals surface area contributed by atoms with Crippen LogP contribution in [0.15, 0.2) is 36.4 Å². The fourth-order valence-electron chi connectivity index (χ4n) is 4.93. The van der Waals surface area contributed by atoms with Crippen molar-refractivity contribution in [2.24, 2.45) is 11.5 Å². The molecule has 6 heteroatoms. The number of carbonyl (C=O) groups excluding carboxylic acids is 1. The van der Waals surface area contributed by atoms with E-state index in [1.165, 1.54) is 11.3 Å². The molecule has 1 fully saturated rings. The molecular formula is C25H31N3O3. The number of ether oxygens (including phenoxy) is 2. The van der Waals surface area contributed by atoms with Gasteiger partial charge in [-0.25, -0.2) is 0 Å². The lowest BCUT2D eigenvalue weighted by molar-refractivity contribution is 0.100. The minimum absolute atomic E-state index is 0.273. The third-order valence-corrected chi connectivity index (χ3v) is 6.51. The van der Waals surface area contributed by atoms with Crippen molar-refractivity contribution >= 4 is 16.8 Å². The summed E-state index contributed by atoms with van der Waals surface area (Å²) in [5.41, 5.74) is 16.9. The number of nitrogens with zero attached hydrogens (tertiary/aromatic N) is 1. The van der Waals surface area contributed by atoms with Gasteiger partial charge in [-0.15, -0.1) is 0 Å². The van der Waals surface area contributed by atoms with Crippen molar-refractivity contribution in [1.29, 1.82) is 0 Å². The molecule has 31 heavy (non-hydrogen) atoms. The van der Waals surface area contributed by atoms with E-state index in [9.17, 15) is 4.79 Å². The van der Waals surface area contributed by atoms with E-state index < -0.39 is 5.91 Å². The molecule has 1 heterocycles. The van der Waals surface area contributed by atoms with Gasteiger partial charge in [-0.2, -0.15) is 0 Å². The van der Waals surface area contributed by atoms with E-state index in [2.05, 4.69) is 17.6 Å². The van der Waals surface area contributed by atoms with E-state index in [1.807, 2.05) is 30.3 Å². The number of methoxy groups -OCH3 is 2. The number of aromatic nitrogens is 1. The SMILES string of the molecule is CCc1c(-c2ccc(OC)c(OC)c2)n(C2CCC(N)CC2)c2ccc(C(N)=O)cc12. The quantitative estimate of drug-likeness (QED) is 0.616. The summed E-state index contributed by atoms with van der Waals surface area (Å²) in [6.45, 7) is 2.15. The lowest BCUT2D eigenvalue weighted by Gasteiger charge is -2.30. The Morgan fingerprint density at radius 1 is 1.03 bits per heavy atom. The Labute approximate surface area is 183 Å². The highest BCUT2D eigenvalue weighted by molar-refractivity contribution is 6.00. The van der Waals surface area contributed by atoms with Crippen molar-refractivity contribution in [3.63, 3.8) is 0 Å². The van der Waals surface area contributed by atoms with Crippen molar-refractivity contribution in [3.05, 3.63) is 47.5 Å². The molecular weight excluding hydrogens is 390 g/mol. The van der Waals surface area contributed by atoms with E-state index in [1.54, 1.807) is 14.2 Å². The second-order valence-corrected chi connectivity index (χ2v) is 8.29. The minimum atomic E-state index is -0.409. The predicted molar refractivity (Wildman–Crippen MR) is 124 cm³/mol. The Morgan fingerprint density at radius 3 is 2.35 bits per heavy atom. The normalized spacial score (nSPS) is 18.8. The monoisotopic (exact) mass is 421 g/mol. The first kappa shape index (κ1) is 21.2. The second kappa shape index (κ2) is 8.63. The van der Waals surface area contributed by atoms with Gasteiger partial charge in [-0.3, -0.25) is 4.79 Å². The molecule has 0 saturated heterocycles. The highest BCUT2D eigenvalue weighted by Gasteiger charge is 2.27. The van der Waals surface area contributed by atoms with Crippen LogP contribution in [-0.4, -0.2) is 30.7 Å². The Balaban J connectivity index is 2.00. The van der Waals surface area contributed by atoms with Crippen LogP contribution in [0.4, 0.5) is 0 Å². The molecule has 1 amide bonds. The zero-order valence-corrected chi connectivity index (χ0v) is 18.5.